The third kappa shape index (κ3) is 3.24. The highest BCUT2D eigenvalue weighted by molar-refractivity contribution is 5.45. The number of rotatable bonds is 3. The molecule has 0 aromatic carbocycles. The Morgan fingerprint density at radius 2 is 1.89 bits per heavy atom. The van der Waals surface area contributed by atoms with Crippen LogP contribution in [0.3, 0.4) is 0 Å². The highest BCUT2D eigenvalue weighted by atomic mass is 19.1. The zero-order valence-corrected chi connectivity index (χ0v) is 11.4. The van der Waals surface area contributed by atoms with Crippen LogP contribution in [0.1, 0.15) is 25.7 Å². The second-order valence-electron chi connectivity index (χ2n) is 5.77. The smallest absolute Gasteiger partial charge is 0.214 e. The van der Waals surface area contributed by atoms with Crippen LogP contribution in [0.4, 0.5) is 10.1 Å². The molecular weight excluding hydrogens is 241 g/mol. The van der Waals surface area contributed by atoms with E-state index in [0.717, 1.165) is 24.7 Å². The summed E-state index contributed by atoms with van der Waals surface area (Å²) < 4.78 is 13.1. The van der Waals surface area contributed by atoms with Gasteiger partial charge in [-0.3, -0.25) is 0 Å². The van der Waals surface area contributed by atoms with Gasteiger partial charge < -0.3 is 9.80 Å². The van der Waals surface area contributed by atoms with Gasteiger partial charge in [0.15, 0.2) is 0 Å². The first-order chi connectivity index (χ1) is 9.31. The molecule has 2 aliphatic rings. The fourth-order valence-electron chi connectivity index (χ4n) is 3.29. The Labute approximate surface area is 114 Å². The van der Waals surface area contributed by atoms with Crippen LogP contribution in [-0.2, 0) is 0 Å². The van der Waals surface area contributed by atoms with Crippen molar-refractivity contribution in [3.05, 3.63) is 24.3 Å². The van der Waals surface area contributed by atoms with Crippen molar-refractivity contribution in [3.63, 3.8) is 0 Å². The molecule has 0 spiro atoms. The lowest BCUT2D eigenvalue weighted by Gasteiger charge is -2.35. The molecule has 2 aliphatic heterocycles. The van der Waals surface area contributed by atoms with Crippen molar-refractivity contribution in [2.45, 2.75) is 25.7 Å². The van der Waals surface area contributed by atoms with E-state index in [1.165, 1.54) is 45.3 Å². The summed E-state index contributed by atoms with van der Waals surface area (Å²) in [6.45, 7) is 5.92. The van der Waals surface area contributed by atoms with Gasteiger partial charge in [0.2, 0.25) is 5.95 Å². The number of nitrogens with zero attached hydrogens (tertiary/aromatic N) is 3. The van der Waals surface area contributed by atoms with Crippen LogP contribution < -0.4 is 4.90 Å². The summed E-state index contributed by atoms with van der Waals surface area (Å²) >= 11 is 0. The van der Waals surface area contributed by atoms with Gasteiger partial charge in [0.25, 0.3) is 0 Å². The topological polar surface area (TPSA) is 19.4 Å². The van der Waals surface area contributed by atoms with Crippen molar-refractivity contribution >= 4 is 5.69 Å². The minimum atomic E-state index is -0.378. The Kier molecular flexibility index (Phi) is 3.97. The van der Waals surface area contributed by atoms with Crippen molar-refractivity contribution in [3.8, 4) is 0 Å². The lowest BCUT2D eigenvalue weighted by molar-refractivity contribution is 0.249. The summed E-state index contributed by atoms with van der Waals surface area (Å²) in [5, 5.41) is 0. The van der Waals surface area contributed by atoms with Gasteiger partial charge in [-0.05, 0) is 50.8 Å². The minimum Gasteiger partial charge on any atom is -0.371 e. The van der Waals surface area contributed by atoms with E-state index in [0.29, 0.717) is 0 Å². The van der Waals surface area contributed by atoms with E-state index in [2.05, 4.69) is 14.8 Å². The van der Waals surface area contributed by atoms with Gasteiger partial charge in [-0.2, -0.15) is 4.39 Å². The third-order valence-electron chi connectivity index (χ3n) is 4.40. The number of halogens is 1. The molecule has 0 atom stereocenters. The van der Waals surface area contributed by atoms with E-state index in [4.69, 9.17) is 0 Å². The Morgan fingerprint density at radius 3 is 2.58 bits per heavy atom. The molecule has 104 valence electrons. The quantitative estimate of drug-likeness (QED) is 0.781. The van der Waals surface area contributed by atoms with Gasteiger partial charge in [0.05, 0.1) is 0 Å². The first-order valence-corrected chi connectivity index (χ1v) is 7.40. The van der Waals surface area contributed by atoms with Crippen LogP contribution in [0.25, 0.3) is 0 Å². The molecule has 0 bridgehead atoms. The largest absolute Gasteiger partial charge is 0.371 e. The molecule has 0 radical (unpaired) electrons. The van der Waals surface area contributed by atoms with Crippen LogP contribution in [0.15, 0.2) is 18.3 Å². The first kappa shape index (κ1) is 12.9. The molecule has 2 saturated heterocycles. The Balaban J connectivity index is 1.51. The molecule has 3 rings (SSSR count). The van der Waals surface area contributed by atoms with E-state index in [1.807, 2.05) is 6.07 Å². The molecule has 3 heterocycles. The van der Waals surface area contributed by atoms with Crippen molar-refractivity contribution in [2.75, 3.05) is 37.6 Å². The molecule has 2 fully saturated rings. The van der Waals surface area contributed by atoms with Gasteiger partial charge in [0, 0.05) is 37.6 Å². The number of pyridine rings is 1. The van der Waals surface area contributed by atoms with Gasteiger partial charge in [-0.1, -0.05) is 0 Å². The molecule has 19 heavy (non-hydrogen) atoms. The molecule has 3 nitrogen and oxygen atoms in total. The Bertz CT molecular complexity index is 410. The molecule has 0 saturated carbocycles. The standard InChI is InChI=1S/C15H22FN3/c16-15-11-14(3-6-17-15)19-9-4-13(5-10-19)12-18-7-1-2-8-18/h3,6,11,13H,1-2,4-5,7-10,12H2. The highest BCUT2D eigenvalue weighted by Gasteiger charge is 2.23. The predicted octanol–water partition coefficient (Wildman–Crippen LogP) is 2.53. The molecule has 1 aromatic rings. The molecule has 0 unspecified atom stereocenters. The third-order valence-corrected chi connectivity index (χ3v) is 4.40. The molecule has 4 heteroatoms. The molecule has 0 N–H and O–H groups in total. The normalized spacial score (nSPS) is 22.1. The second kappa shape index (κ2) is 5.87. The van der Waals surface area contributed by atoms with Gasteiger partial charge >= 0.3 is 0 Å². The van der Waals surface area contributed by atoms with E-state index in [1.54, 1.807) is 12.3 Å². The van der Waals surface area contributed by atoms with E-state index >= 15 is 0 Å². The summed E-state index contributed by atoms with van der Waals surface area (Å²) in [4.78, 5) is 8.50. The number of anilines is 1. The van der Waals surface area contributed by atoms with Gasteiger partial charge in [-0.25, -0.2) is 4.98 Å². The Hall–Kier alpha value is -1.16. The number of aromatic nitrogens is 1. The summed E-state index contributed by atoms with van der Waals surface area (Å²) in [6, 6.07) is 3.45. The van der Waals surface area contributed by atoms with Crippen LogP contribution in [0, 0.1) is 11.9 Å². The number of piperidine rings is 1. The monoisotopic (exact) mass is 263 g/mol. The maximum absolute atomic E-state index is 13.1. The SMILES string of the molecule is Fc1cc(N2CCC(CN3CCCC3)CC2)ccn1. The van der Waals surface area contributed by atoms with E-state index in [-0.39, 0.29) is 5.95 Å². The van der Waals surface area contributed by atoms with E-state index in [9.17, 15) is 4.39 Å². The second-order valence-corrected chi connectivity index (χ2v) is 5.77. The predicted molar refractivity (Wildman–Crippen MR) is 74.8 cm³/mol. The summed E-state index contributed by atoms with van der Waals surface area (Å²) in [7, 11) is 0. The fraction of sp³-hybridized carbons (Fsp3) is 0.667. The van der Waals surface area contributed by atoms with Crippen molar-refractivity contribution < 1.29 is 4.39 Å². The zero-order chi connectivity index (χ0) is 13.1. The van der Waals surface area contributed by atoms with Crippen LogP contribution in [-0.4, -0.2) is 42.6 Å². The minimum absolute atomic E-state index is 0.378. The molecular formula is C15H22FN3. The average Bonchev–Trinajstić information content (AvgIpc) is 2.92. The number of hydrogen-bond acceptors (Lipinski definition) is 3. The van der Waals surface area contributed by atoms with E-state index < -0.39 is 0 Å². The van der Waals surface area contributed by atoms with Crippen LogP contribution >= 0.6 is 0 Å². The first-order valence-electron chi connectivity index (χ1n) is 7.40. The number of likely N-dealkylation sites (tertiary alicyclic amines) is 1. The molecule has 0 amide bonds. The van der Waals surface area contributed by atoms with Crippen molar-refractivity contribution in [2.24, 2.45) is 5.92 Å². The van der Waals surface area contributed by atoms with Crippen LogP contribution in [0.5, 0.6) is 0 Å². The Morgan fingerprint density at radius 1 is 1.16 bits per heavy atom. The summed E-state index contributed by atoms with van der Waals surface area (Å²) in [5.74, 6) is 0.442. The van der Waals surface area contributed by atoms with Crippen molar-refractivity contribution in [1.29, 1.82) is 0 Å². The molecule has 0 aliphatic carbocycles. The fourth-order valence-corrected chi connectivity index (χ4v) is 3.29. The van der Waals surface area contributed by atoms with Gasteiger partial charge in [-0.15, -0.1) is 0 Å². The maximum Gasteiger partial charge on any atom is 0.214 e. The lowest BCUT2D eigenvalue weighted by atomic mass is 9.96. The summed E-state index contributed by atoms with van der Waals surface area (Å²) in [6.07, 6.45) is 6.74. The molecule has 1 aromatic heterocycles. The summed E-state index contributed by atoms with van der Waals surface area (Å²) in [5.41, 5.74) is 0.979. The zero-order valence-electron chi connectivity index (χ0n) is 11.4. The maximum atomic E-state index is 13.1. The number of hydrogen-bond donors (Lipinski definition) is 0. The van der Waals surface area contributed by atoms with Gasteiger partial charge in [0.1, 0.15) is 0 Å². The average molecular weight is 263 g/mol. The highest BCUT2D eigenvalue weighted by Crippen LogP contribution is 2.24. The van der Waals surface area contributed by atoms with Crippen LogP contribution in [0.2, 0.25) is 0 Å². The van der Waals surface area contributed by atoms with Crippen molar-refractivity contribution in [1.82, 2.24) is 9.88 Å². The lowest BCUT2D eigenvalue weighted by Crippen LogP contribution is -2.38.